The van der Waals surface area contributed by atoms with Gasteiger partial charge in [0.1, 0.15) is 0 Å². The minimum Gasteiger partial charge on any atom is -0.668 e. The molecule has 2 aliphatic carbocycles. The largest absolute Gasteiger partial charge is 2.00 e. The van der Waals surface area contributed by atoms with E-state index >= 15 is 0 Å². The Morgan fingerprint density at radius 1 is 0.706 bits per heavy atom. The van der Waals surface area contributed by atoms with Crippen molar-refractivity contribution in [2.45, 2.75) is 10.4 Å². The van der Waals surface area contributed by atoms with Crippen molar-refractivity contribution in [3.63, 3.8) is 0 Å². The van der Waals surface area contributed by atoms with Gasteiger partial charge >= 0.3 is 195 Å². The Kier molecular flexibility index (Phi) is 13.1. The van der Waals surface area contributed by atoms with Gasteiger partial charge in [-0.3, -0.25) is 0 Å². The van der Waals surface area contributed by atoms with Crippen LogP contribution in [0, 0.1) is 0 Å². The van der Waals surface area contributed by atoms with E-state index in [0.717, 1.165) is 6.42 Å². The zero-order valence-corrected chi connectivity index (χ0v) is 25.9. The molecule has 5 rings (SSSR count). The van der Waals surface area contributed by atoms with Crippen molar-refractivity contribution < 1.29 is 26.2 Å². The molecule has 0 aliphatic heterocycles. The van der Waals surface area contributed by atoms with Gasteiger partial charge in [-0.25, -0.2) is 0 Å². The molecule has 4 heteroatoms. The second kappa shape index (κ2) is 15.5. The van der Waals surface area contributed by atoms with Gasteiger partial charge in [0.05, 0.1) is 0 Å². The van der Waals surface area contributed by atoms with E-state index in [2.05, 4.69) is 120 Å². The zero-order valence-electron chi connectivity index (χ0n) is 20.6. The predicted octanol–water partition coefficient (Wildman–Crippen LogP) is 6.14. The molecule has 34 heavy (non-hydrogen) atoms. The Balaban J connectivity index is 0.000000532. The standard InChI is InChI=1S/C14H11.2C6H5.2C2H6N.Sn.Zr/c1-2-6-11(5-1)14-9-12-7-3-4-8-13(12)10-14;2*1-2-4-6-5-3-1;2*1-3-2;;/h1-5,7-10H,6H2;2*1-5H;2*1-2H3;;/q;;;2*-1;;+2. The van der Waals surface area contributed by atoms with Crippen LogP contribution >= 0.6 is 0 Å². The summed E-state index contributed by atoms with van der Waals surface area (Å²) < 4.78 is 3.69. The molecule has 1 unspecified atom stereocenters. The van der Waals surface area contributed by atoms with E-state index in [1.807, 2.05) is 0 Å². The summed E-state index contributed by atoms with van der Waals surface area (Å²) in [5.41, 5.74) is 6.00. The fourth-order valence-electron chi connectivity index (χ4n) is 4.31. The van der Waals surface area contributed by atoms with Crippen molar-refractivity contribution in [2.75, 3.05) is 28.2 Å². The Morgan fingerprint density at radius 2 is 1.21 bits per heavy atom. The van der Waals surface area contributed by atoms with Gasteiger partial charge in [0.15, 0.2) is 0 Å². The van der Waals surface area contributed by atoms with Crippen molar-refractivity contribution in [1.29, 1.82) is 0 Å². The van der Waals surface area contributed by atoms with Crippen molar-refractivity contribution in [1.82, 2.24) is 0 Å². The SMILES string of the molecule is C1=CCC(C2=Cc3ccccc3[CH]2[Sn]([c]2ccccc2)[c]2ccccc2)=C1.C[N-]C.C[N-]C.[Zr+2]. The van der Waals surface area contributed by atoms with Crippen LogP contribution in [0.2, 0.25) is 0 Å². The van der Waals surface area contributed by atoms with E-state index in [1.54, 1.807) is 40.9 Å². The monoisotopic (exact) mass is 631 g/mol. The summed E-state index contributed by atoms with van der Waals surface area (Å²) in [6.07, 6.45) is 10.3. The molecule has 0 spiro atoms. The third-order valence-electron chi connectivity index (χ3n) is 5.53. The smallest absolute Gasteiger partial charge is 0.668 e. The molecule has 0 heterocycles. The number of rotatable bonds is 4. The molecule has 171 valence electrons. The molecule has 0 fully saturated rings. The van der Waals surface area contributed by atoms with Crippen LogP contribution in [0.4, 0.5) is 0 Å². The van der Waals surface area contributed by atoms with Crippen LogP contribution < -0.4 is 7.16 Å². The van der Waals surface area contributed by atoms with Crippen molar-refractivity contribution >= 4 is 33.0 Å². The van der Waals surface area contributed by atoms with E-state index < -0.39 is 19.8 Å². The van der Waals surface area contributed by atoms with Gasteiger partial charge in [-0.1, -0.05) is 0 Å². The molecule has 0 bridgehead atoms. The molecular weight excluding hydrogens is 598 g/mol. The van der Waals surface area contributed by atoms with Gasteiger partial charge in [-0.15, -0.1) is 0 Å². The summed E-state index contributed by atoms with van der Waals surface area (Å²) in [7, 11) is 7.00. The molecule has 3 aromatic carbocycles. The van der Waals surface area contributed by atoms with Crippen LogP contribution in [0.1, 0.15) is 21.5 Å². The minimum absolute atomic E-state index is 0. The normalized spacial score (nSPS) is 15.1. The van der Waals surface area contributed by atoms with E-state index in [4.69, 9.17) is 0 Å². The number of allylic oxidation sites excluding steroid dienone is 5. The summed E-state index contributed by atoms with van der Waals surface area (Å²) >= 11 is -2.24. The maximum absolute atomic E-state index is 3.50. The minimum atomic E-state index is -2.24. The molecule has 0 saturated heterocycles. The van der Waals surface area contributed by atoms with E-state index in [1.165, 1.54) is 16.7 Å². The molecule has 3 aromatic rings. The van der Waals surface area contributed by atoms with Gasteiger partial charge in [-0.05, 0) is 0 Å². The number of hydrogen-bond donors (Lipinski definition) is 0. The number of hydrogen-bond acceptors (Lipinski definition) is 0. The average Bonchev–Trinajstić information content (AvgIpc) is 3.51. The van der Waals surface area contributed by atoms with E-state index in [9.17, 15) is 0 Å². The van der Waals surface area contributed by atoms with Gasteiger partial charge in [0.2, 0.25) is 0 Å². The second-order valence-corrected chi connectivity index (χ2v) is 15.3. The number of fused-ring (bicyclic) bond motifs is 1. The topological polar surface area (TPSA) is 28.2 Å². The van der Waals surface area contributed by atoms with Gasteiger partial charge < -0.3 is 10.6 Å². The van der Waals surface area contributed by atoms with Gasteiger partial charge in [-0.2, -0.15) is 28.2 Å². The Hall–Kier alpha value is -1.52. The Labute approximate surface area is 232 Å². The van der Waals surface area contributed by atoms with Crippen molar-refractivity contribution in [3.8, 4) is 0 Å². The fraction of sp³-hybridized carbons (Fsp3) is 0.200. The average molecular weight is 632 g/mol. The maximum Gasteiger partial charge on any atom is 2.00 e. The molecule has 1 atom stereocenters. The van der Waals surface area contributed by atoms with E-state index in [-0.39, 0.29) is 26.2 Å². The summed E-state index contributed by atoms with van der Waals surface area (Å²) in [5.74, 6) is 0. The number of benzene rings is 3. The van der Waals surface area contributed by atoms with Gasteiger partial charge in [0.25, 0.3) is 0 Å². The predicted molar refractivity (Wildman–Crippen MR) is 147 cm³/mol. The van der Waals surface area contributed by atoms with Crippen LogP contribution in [0.25, 0.3) is 16.7 Å². The van der Waals surface area contributed by atoms with Gasteiger partial charge in [0, 0.05) is 0 Å². The summed E-state index contributed by atoms with van der Waals surface area (Å²) in [6.45, 7) is 0. The molecular formula is C30H33N2SnZr. The number of nitrogens with zero attached hydrogens (tertiary/aromatic N) is 2. The fourth-order valence-corrected chi connectivity index (χ4v) is 13.6. The Bertz CT molecular complexity index is 1050. The first-order valence-electron chi connectivity index (χ1n) is 11.3. The molecule has 0 saturated carbocycles. The third-order valence-corrected chi connectivity index (χ3v) is 14.4. The zero-order chi connectivity index (χ0) is 23.5. The second-order valence-electron chi connectivity index (χ2n) is 8.03. The molecule has 1 radical (unpaired) electrons. The van der Waals surface area contributed by atoms with Crippen molar-refractivity contribution in [2.24, 2.45) is 0 Å². The molecule has 0 amide bonds. The molecule has 0 aromatic heterocycles. The first kappa shape index (κ1) is 28.7. The first-order chi connectivity index (χ1) is 16.2. The first-order valence-corrected chi connectivity index (χ1v) is 15.9. The summed E-state index contributed by atoms with van der Waals surface area (Å²) in [5, 5.41) is 7.00. The third kappa shape index (κ3) is 7.24. The Morgan fingerprint density at radius 3 is 1.71 bits per heavy atom. The van der Waals surface area contributed by atoms with Crippen LogP contribution in [-0.4, -0.2) is 48.0 Å². The maximum atomic E-state index is 3.50. The molecule has 2 aliphatic rings. The van der Waals surface area contributed by atoms with Crippen LogP contribution in [0.3, 0.4) is 0 Å². The van der Waals surface area contributed by atoms with Crippen LogP contribution in [0.5, 0.6) is 0 Å². The quantitative estimate of drug-likeness (QED) is 0.310. The summed E-state index contributed by atoms with van der Waals surface area (Å²) in [6, 6.07) is 31.6. The van der Waals surface area contributed by atoms with Crippen molar-refractivity contribution in [3.05, 3.63) is 136 Å². The van der Waals surface area contributed by atoms with Crippen LogP contribution in [-0.2, 0) is 26.2 Å². The summed E-state index contributed by atoms with van der Waals surface area (Å²) in [4.78, 5) is 0. The van der Waals surface area contributed by atoms with E-state index in [0.29, 0.717) is 3.93 Å². The molecule has 0 N–H and O–H groups in total. The van der Waals surface area contributed by atoms with Crippen LogP contribution in [0.15, 0.2) is 114 Å². The molecule has 2 nitrogen and oxygen atoms in total.